The van der Waals surface area contributed by atoms with Crippen molar-refractivity contribution in [2.45, 2.75) is 172 Å². The lowest BCUT2D eigenvalue weighted by Gasteiger charge is -2.58. The number of unbranched alkanes of at least 4 members (excludes halogenated alkanes) is 15. The highest BCUT2D eigenvalue weighted by Gasteiger charge is 2.64. The van der Waals surface area contributed by atoms with Gasteiger partial charge in [-0.3, -0.25) is 0 Å². The van der Waals surface area contributed by atoms with E-state index in [1.165, 1.54) is 83.5 Å². The van der Waals surface area contributed by atoms with E-state index < -0.39 is 11.9 Å². The largest absolute Gasteiger partial charge is 0.460 e. The van der Waals surface area contributed by atoms with Gasteiger partial charge in [-0.15, -0.1) is 6.58 Å². The van der Waals surface area contributed by atoms with Gasteiger partial charge in [0.05, 0.1) is 23.5 Å². The van der Waals surface area contributed by atoms with E-state index in [1.54, 1.807) is 0 Å². The number of nitrogens with one attached hydrogen (secondary N) is 1. The zero-order chi connectivity index (χ0) is 47.7. The Bertz CT molecular complexity index is 1980. The van der Waals surface area contributed by atoms with Crippen molar-refractivity contribution in [2.75, 3.05) is 25.6 Å². The van der Waals surface area contributed by atoms with Gasteiger partial charge in [-0.1, -0.05) is 181 Å². The molecule has 1 saturated carbocycles. The van der Waals surface area contributed by atoms with Crippen molar-refractivity contribution in [2.24, 2.45) is 22.9 Å². The number of allylic oxidation sites excluding steroid dienone is 1. The number of carbonyl (C=O) groups is 1. The number of benzene rings is 3. The number of hydrogen-bond acceptors (Lipinski definition) is 9. The third kappa shape index (κ3) is 15.7. The molecule has 9 nitrogen and oxygen atoms in total. The van der Waals surface area contributed by atoms with Crippen molar-refractivity contribution in [1.82, 2.24) is 5.32 Å². The molecule has 68 heavy (non-hydrogen) atoms. The SMILES string of the molecule is C=CCOC12Oc3ccc(OC(=O)NCc4ccccc4)cc3C3C(CCCCO)C(CCCCO)C=C(C(=NOCc4ccccc4)CC1SCCCCCCCCCCCCCCCC)C32. The second kappa shape index (κ2) is 29.8. The van der Waals surface area contributed by atoms with Crippen LogP contribution in [-0.2, 0) is 22.7 Å². The Morgan fingerprint density at radius 2 is 1.44 bits per heavy atom. The number of aliphatic hydroxyl groups excluding tert-OH is 2. The Hall–Kier alpha value is -4.09. The Morgan fingerprint density at radius 3 is 2.09 bits per heavy atom. The molecule has 1 fully saturated rings. The fourth-order valence-electron chi connectivity index (χ4n) is 10.7. The van der Waals surface area contributed by atoms with E-state index in [2.05, 4.69) is 37.0 Å². The average molecular weight is 951 g/mol. The molecule has 2 aliphatic carbocycles. The van der Waals surface area contributed by atoms with Crippen LogP contribution in [0.1, 0.15) is 164 Å². The first kappa shape index (κ1) is 53.3. The summed E-state index contributed by atoms with van der Waals surface area (Å²) in [5, 5.41) is 27.8. The predicted molar refractivity (Wildman–Crippen MR) is 278 cm³/mol. The van der Waals surface area contributed by atoms with Crippen LogP contribution in [0.15, 0.2) is 108 Å². The van der Waals surface area contributed by atoms with Crippen LogP contribution in [0.25, 0.3) is 0 Å². The number of rotatable bonds is 33. The Morgan fingerprint density at radius 1 is 0.809 bits per heavy atom. The minimum Gasteiger partial charge on any atom is -0.460 e. The monoisotopic (exact) mass is 951 g/mol. The normalized spacial score (nSPS) is 22.1. The van der Waals surface area contributed by atoms with E-state index >= 15 is 0 Å². The first-order chi connectivity index (χ1) is 33.5. The lowest BCUT2D eigenvalue weighted by atomic mass is 9.56. The molecule has 3 aromatic carbocycles. The molecule has 0 aromatic heterocycles. The maximum Gasteiger partial charge on any atom is 0.412 e. The van der Waals surface area contributed by atoms with Crippen LogP contribution in [0.2, 0.25) is 0 Å². The molecule has 0 saturated heterocycles. The minimum absolute atomic E-state index is 0.0962. The summed E-state index contributed by atoms with van der Waals surface area (Å²) in [5.74, 6) is 1.05. The van der Waals surface area contributed by atoms with Crippen molar-refractivity contribution < 1.29 is 34.1 Å². The smallest absolute Gasteiger partial charge is 0.412 e. The Balaban J connectivity index is 1.28. The summed E-state index contributed by atoms with van der Waals surface area (Å²) in [6.45, 7) is 7.68. The predicted octanol–water partition coefficient (Wildman–Crippen LogP) is 14.0. The highest BCUT2D eigenvalue weighted by atomic mass is 32.2. The lowest BCUT2D eigenvalue weighted by Crippen LogP contribution is -2.64. The fourth-order valence-corrected chi connectivity index (χ4v) is 12.2. The molecule has 3 aromatic rings. The van der Waals surface area contributed by atoms with Crippen LogP contribution in [0.4, 0.5) is 4.79 Å². The number of fused-ring (bicyclic) bond motifs is 2. The van der Waals surface area contributed by atoms with Gasteiger partial charge in [-0.25, -0.2) is 4.79 Å². The van der Waals surface area contributed by atoms with Crippen molar-refractivity contribution in [3.63, 3.8) is 0 Å². The molecule has 6 rings (SSSR count). The molecule has 1 aliphatic heterocycles. The van der Waals surface area contributed by atoms with E-state index in [0.29, 0.717) is 38.3 Å². The summed E-state index contributed by atoms with van der Waals surface area (Å²) in [4.78, 5) is 19.6. The van der Waals surface area contributed by atoms with Gasteiger partial charge in [0.1, 0.15) is 18.1 Å². The highest BCUT2D eigenvalue weighted by Crippen LogP contribution is 2.62. The van der Waals surface area contributed by atoms with Gasteiger partial charge in [0.2, 0.25) is 5.79 Å². The molecular weight excluding hydrogens is 869 g/mol. The van der Waals surface area contributed by atoms with Crippen LogP contribution in [-0.4, -0.2) is 58.6 Å². The summed E-state index contributed by atoms with van der Waals surface area (Å²) >= 11 is 1.93. The number of aliphatic hydroxyl groups is 2. The quantitative estimate of drug-likeness (QED) is 0.0314. The van der Waals surface area contributed by atoms with E-state index in [1.807, 2.05) is 84.6 Å². The second-order valence-corrected chi connectivity index (χ2v) is 20.5. The molecule has 1 amide bonds. The zero-order valence-corrected chi connectivity index (χ0v) is 42.0. The van der Waals surface area contributed by atoms with Gasteiger partial charge in [0, 0.05) is 37.7 Å². The van der Waals surface area contributed by atoms with Crippen molar-refractivity contribution in [1.29, 1.82) is 0 Å². The molecule has 6 unspecified atom stereocenters. The molecule has 3 N–H and O–H groups in total. The summed E-state index contributed by atoms with van der Waals surface area (Å²) in [6.07, 6.45) is 27.8. The first-order valence-corrected chi connectivity index (χ1v) is 27.4. The Labute approximate surface area is 412 Å². The van der Waals surface area contributed by atoms with Crippen molar-refractivity contribution in [3.05, 3.63) is 120 Å². The van der Waals surface area contributed by atoms with Crippen LogP contribution in [0.3, 0.4) is 0 Å². The summed E-state index contributed by atoms with van der Waals surface area (Å²) in [6, 6.07) is 25.7. The first-order valence-electron chi connectivity index (χ1n) is 26.4. The van der Waals surface area contributed by atoms with Crippen LogP contribution < -0.4 is 14.8 Å². The number of hydrogen-bond donors (Lipinski definition) is 3. The van der Waals surface area contributed by atoms with Crippen LogP contribution in [0, 0.1) is 17.8 Å². The molecule has 0 radical (unpaired) electrons. The maximum atomic E-state index is 13.3. The van der Waals surface area contributed by atoms with Crippen LogP contribution >= 0.6 is 11.8 Å². The fraction of sp³-hybridized carbons (Fsp3) is 0.586. The summed E-state index contributed by atoms with van der Waals surface area (Å²) < 4.78 is 20.5. The zero-order valence-electron chi connectivity index (χ0n) is 41.1. The number of nitrogens with zero attached hydrogens (tertiary/aromatic N) is 1. The topological polar surface area (TPSA) is 119 Å². The molecule has 0 bridgehead atoms. The van der Waals surface area contributed by atoms with Crippen LogP contribution in [0.5, 0.6) is 11.5 Å². The summed E-state index contributed by atoms with van der Waals surface area (Å²) in [7, 11) is 0. The molecule has 3 aliphatic rings. The molecule has 6 atom stereocenters. The van der Waals surface area contributed by atoms with E-state index in [-0.39, 0.29) is 42.1 Å². The van der Waals surface area contributed by atoms with Gasteiger partial charge < -0.3 is 34.6 Å². The Kier molecular flexibility index (Phi) is 23.4. The lowest BCUT2D eigenvalue weighted by molar-refractivity contribution is -0.223. The highest BCUT2D eigenvalue weighted by molar-refractivity contribution is 8.00. The molecule has 372 valence electrons. The number of ether oxygens (including phenoxy) is 3. The molecular formula is C58H82N2O7S. The van der Waals surface area contributed by atoms with E-state index in [0.717, 1.165) is 78.0 Å². The number of amides is 1. The van der Waals surface area contributed by atoms with Gasteiger partial charge in [-0.2, -0.15) is 11.8 Å². The van der Waals surface area contributed by atoms with Crippen molar-refractivity contribution >= 4 is 23.6 Å². The van der Waals surface area contributed by atoms with Gasteiger partial charge in [0.25, 0.3) is 0 Å². The van der Waals surface area contributed by atoms with Gasteiger partial charge in [-0.05, 0) is 84.6 Å². The molecule has 1 heterocycles. The van der Waals surface area contributed by atoms with E-state index in [9.17, 15) is 15.0 Å². The standard InChI is InChI=1S/C58H82N2O7S/c1-3-5-6-7-8-9-10-11-12-13-14-15-16-27-39-68-54-42-52(60-65-44-46-30-21-18-22-31-46)50-40-47(32-23-25-36-61)49(33-24-26-37-62)55-51-41-48(66-57(63)59-43-45-28-19-17-20-29-45)34-35-53(51)67-58(54,56(50)55)64-38-4-2/h4,17-22,28-31,34-35,40-41,47,49,54-56,61-62H,2-3,5-16,23-27,32-33,36-39,42-44H2,1H3,(H,59,63). The second-order valence-electron chi connectivity index (χ2n) is 19.2. The third-order valence-corrected chi connectivity index (χ3v) is 15.6. The minimum atomic E-state index is -1.04. The molecule has 0 spiro atoms. The average Bonchev–Trinajstić information content (AvgIpc) is 3.36. The number of oxime groups is 1. The third-order valence-electron chi connectivity index (χ3n) is 14.2. The van der Waals surface area contributed by atoms with E-state index in [4.69, 9.17) is 24.2 Å². The number of thioether (sulfide) groups is 1. The van der Waals surface area contributed by atoms with Gasteiger partial charge in [0.15, 0.2) is 0 Å². The van der Waals surface area contributed by atoms with Gasteiger partial charge >= 0.3 is 6.09 Å². The summed E-state index contributed by atoms with van der Waals surface area (Å²) in [5.41, 5.74) is 5.03. The van der Waals surface area contributed by atoms with Crippen molar-refractivity contribution in [3.8, 4) is 11.5 Å². The molecule has 10 heteroatoms. The maximum absolute atomic E-state index is 13.3. The number of carbonyl (C=O) groups excluding carboxylic acids is 1.